The van der Waals surface area contributed by atoms with Crippen LogP contribution in [0.1, 0.15) is 6.42 Å². The second-order valence-electron chi connectivity index (χ2n) is 2.77. The molecule has 0 saturated carbocycles. The van der Waals surface area contributed by atoms with Gasteiger partial charge in [0.25, 0.3) is 0 Å². The van der Waals surface area contributed by atoms with E-state index in [9.17, 15) is 20.2 Å². The molecule has 0 aromatic heterocycles. The zero-order chi connectivity index (χ0) is 9.14. The number of nitrogens with zero attached hydrogens (tertiary/aromatic N) is 2. The first-order chi connectivity index (χ1) is 5.61. The highest BCUT2D eigenvalue weighted by atomic mass is 16.6. The summed E-state index contributed by atoms with van der Waals surface area (Å²) in [7, 11) is 0. The highest BCUT2D eigenvalue weighted by molar-refractivity contribution is 4.75. The van der Waals surface area contributed by atoms with Crippen molar-refractivity contribution in [3.63, 3.8) is 0 Å². The lowest BCUT2D eigenvalue weighted by Gasteiger charge is -2.19. The van der Waals surface area contributed by atoms with Crippen molar-refractivity contribution >= 4 is 0 Å². The van der Waals surface area contributed by atoms with Gasteiger partial charge < -0.3 is 5.32 Å². The van der Waals surface area contributed by atoms with Crippen molar-refractivity contribution in [3.05, 3.63) is 20.2 Å². The molecule has 1 aliphatic heterocycles. The first kappa shape index (κ1) is 8.85. The molecule has 1 aliphatic rings. The lowest BCUT2D eigenvalue weighted by molar-refractivity contribution is -0.563. The van der Waals surface area contributed by atoms with Crippen LogP contribution in [0.2, 0.25) is 0 Å². The maximum atomic E-state index is 10.3. The Kier molecular flexibility index (Phi) is 2.54. The molecular weight excluding hydrogens is 166 g/mol. The van der Waals surface area contributed by atoms with Gasteiger partial charge in [0.05, 0.1) is 19.5 Å². The van der Waals surface area contributed by atoms with Crippen LogP contribution < -0.4 is 5.32 Å². The fourth-order valence-electron chi connectivity index (χ4n) is 1.22. The van der Waals surface area contributed by atoms with Crippen LogP contribution in [-0.4, -0.2) is 35.0 Å². The lowest BCUT2D eigenvalue weighted by Crippen LogP contribution is -2.48. The van der Waals surface area contributed by atoms with E-state index in [1.165, 1.54) is 0 Å². The summed E-state index contributed by atoms with van der Waals surface area (Å²) >= 11 is 0. The summed E-state index contributed by atoms with van der Waals surface area (Å²) in [4.78, 5) is 19.6. The number of hydrogen-bond acceptors (Lipinski definition) is 5. The van der Waals surface area contributed by atoms with Gasteiger partial charge in [-0.05, 0) is 0 Å². The van der Waals surface area contributed by atoms with E-state index in [4.69, 9.17) is 0 Å². The van der Waals surface area contributed by atoms with Gasteiger partial charge in [0, 0.05) is 9.85 Å². The first-order valence-electron chi connectivity index (χ1n) is 3.59. The molecule has 1 N–H and O–H groups in total. The number of nitrogens with one attached hydrogen (secondary N) is 1. The fourth-order valence-corrected chi connectivity index (χ4v) is 1.22. The molecule has 12 heavy (non-hydrogen) atoms. The summed E-state index contributed by atoms with van der Waals surface area (Å²) in [5, 5.41) is 23.2. The van der Waals surface area contributed by atoms with Gasteiger partial charge in [-0.3, -0.25) is 20.2 Å². The summed E-state index contributed by atoms with van der Waals surface area (Å²) in [5.74, 6) is 0. The maximum Gasteiger partial charge on any atom is 0.232 e. The number of nitro groups is 2. The standard InChI is InChI=1S/C5H9N3O4/c9-7(10)4-1-5(8(11)12)3-6-2-4/h4-6H,1-3H2. The van der Waals surface area contributed by atoms with Crippen molar-refractivity contribution in [2.45, 2.75) is 18.5 Å². The minimum absolute atomic E-state index is 0.0347. The van der Waals surface area contributed by atoms with E-state index in [0.29, 0.717) is 0 Å². The molecule has 7 nitrogen and oxygen atoms in total. The van der Waals surface area contributed by atoms with Crippen molar-refractivity contribution in [1.29, 1.82) is 0 Å². The summed E-state index contributed by atoms with van der Waals surface area (Å²) in [5.41, 5.74) is 0. The minimum Gasteiger partial charge on any atom is -0.304 e. The van der Waals surface area contributed by atoms with Gasteiger partial charge in [-0.25, -0.2) is 0 Å². The molecule has 0 aliphatic carbocycles. The highest BCUT2D eigenvalue weighted by Gasteiger charge is 2.35. The van der Waals surface area contributed by atoms with Crippen LogP contribution in [0.3, 0.4) is 0 Å². The van der Waals surface area contributed by atoms with E-state index in [0.717, 1.165) is 0 Å². The second-order valence-corrected chi connectivity index (χ2v) is 2.77. The Balaban J connectivity index is 2.51. The predicted octanol–water partition coefficient (Wildman–Crippen LogP) is -0.730. The Bertz CT molecular complexity index is 187. The lowest BCUT2D eigenvalue weighted by atomic mass is 10.0. The van der Waals surface area contributed by atoms with Gasteiger partial charge in [-0.1, -0.05) is 0 Å². The van der Waals surface area contributed by atoms with E-state index < -0.39 is 21.9 Å². The third kappa shape index (κ3) is 1.88. The van der Waals surface area contributed by atoms with Gasteiger partial charge in [0.2, 0.25) is 12.1 Å². The molecule has 7 heteroatoms. The molecule has 1 fully saturated rings. The molecule has 68 valence electrons. The smallest absolute Gasteiger partial charge is 0.232 e. The van der Waals surface area contributed by atoms with Crippen molar-refractivity contribution in [2.24, 2.45) is 0 Å². The monoisotopic (exact) mass is 175 g/mol. The molecule has 0 radical (unpaired) electrons. The molecule has 0 bridgehead atoms. The van der Waals surface area contributed by atoms with Crippen LogP contribution in [0, 0.1) is 20.2 Å². The molecule has 0 amide bonds. The second kappa shape index (κ2) is 3.44. The van der Waals surface area contributed by atoms with Gasteiger partial charge >= 0.3 is 0 Å². The Morgan fingerprint density at radius 2 is 1.50 bits per heavy atom. The van der Waals surface area contributed by atoms with Crippen LogP contribution in [0.15, 0.2) is 0 Å². The summed E-state index contributed by atoms with van der Waals surface area (Å²) in [6.07, 6.45) is 0.0347. The van der Waals surface area contributed by atoms with Crippen molar-refractivity contribution in [1.82, 2.24) is 5.32 Å². The SMILES string of the molecule is O=[N+]([O-])C1CNCC([N+](=O)[O-])C1. The van der Waals surface area contributed by atoms with Crippen LogP contribution in [0.25, 0.3) is 0 Å². The molecule has 0 aromatic carbocycles. The van der Waals surface area contributed by atoms with Gasteiger partial charge in [-0.15, -0.1) is 0 Å². The van der Waals surface area contributed by atoms with Crippen LogP contribution in [0.5, 0.6) is 0 Å². The zero-order valence-corrected chi connectivity index (χ0v) is 6.30. The highest BCUT2D eigenvalue weighted by Crippen LogP contribution is 2.08. The number of rotatable bonds is 2. The van der Waals surface area contributed by atoms with E-state index in [1.807, 2.05) is 0 Å². The first-order valence-corrected chi connectivity index (χ1v) is 3.59. The topological polar surface area (TPSA) is 98.3 Å². The Morgan fingerprint density at radius 3 is 1.83 bits per heavy atom. The van der Waals surface area contributed by atoms with Crippen molar-refractivity contribution in [3.8, 4) is 0 Å². The molecular formula is C5H9N3O4. The van der Waals surface area contributed by atoms with Crippen molar-refractivity contribution < 1.29 is 9.85 Å². The van der Waals surface area contributed by atoms with E-state index in [2.05, 4.69) is 5.32 Å². The van der Waals surface area contributed by atoms with E-state index in [-0.39, 0.29) is 19.5 Å². The van der Waals surface area contributed by atoms with Crippen LogP contribution in [0.4, 0.5) is 0 Å². The Hall–Kier alpha value is -1.24. The molecule has 0 spiro atoms. The summed E-state index contributed by atoms with van der Waals surface area (Å²) in [6, 6.07) is -1.62. The summed E-state index contributed by atoms with van der Waals surface area (Å²) < 4.78 is 0. The summed E-state index contributed by atoms with van der Waals surface area (Å²) in [6.45, 7) is 0.467. The molecule has 1 rings (SSSR count). The third-order valence-electron chi connectivity index (χ3n) is 1.90. The molecule has 1 heterocycles. The fraction of sp³-hybridized carbons (Fsp3) is 1.00. The van der Waals surface area contributed by atoms with Gasteiger partial charge in [0.1, 0.15) is 0 Å². The quantitative estimate of drug-likeness (QED) is 0.440. The Labute approximate surface area is 68.0 Å². The van der Waals surface area contributed by atoms with Gasteiger partial charge in [0.15, 0.2) is 0 Å². The normalized spacial score (nSPS) is 29.7. The van der Waals surface area contributed by atoms with Crippen LogP contribution in [-0.2, 0) is 0 Å². The zero-order valence-electron chi connectivity index (χ0n) is 6.30. The average molecular weight is 175 g/mol. The maximum absolute atomic E-state index is 10.3. The van der Waals surface area contributed by atoms with Gasteiger partial charge in [-0.2, -0.15) is 0 Å². The molecule has 0 aromatic rings. The third-order valence-corrected chi connectivity index (χ3v) is 1.90. The number of hydrogen-bond donors (Lipinski definition) is 1. The number of piperidine rings is 1. The Morgan fingerprint density at radius 1 is 1.08 bits per heavy atom. The largest absolute Gasteiger partial charge is 0.304 e. The van der Waals surface area contributed by atoms with Crippen LogP contribution >= 0.6 is 0 Å². The van der Waals surface area contributed by atoms with E-state index in [1.54, 1.807) is 0 Å². The predicted molar refractivity (Wildman–Crippen MR) is 39.1 cm³/mol. The van der Waals surface area contributed by atoms with E-state index >= 15 is 0 Å². The molecule has 2 unspecified atom stereocenters. The molecule has 2 atom stereocenters. The van der Waals surface area contributed by atoms with Crippen molar-refractivity contribution in [2.75, 3.05) is 13.1 Å². The average Bonchev–Trinajstić information content (AvgIpc) is 2.04. The molecule has 1 saturated heterocycles. The minimum atomic E-state index is -0.811.